The van der Waals surface area contributed by atoms with Crippen LogP contribution in [0.25, 0.3) is 10.9 Å². The second-order valence-electron chi connectivity index (χ2n) is 4.87. The van der Waals surface area contributed by atoms with Gasteiger partial charge in [0.25, 0.3) is 0 Å². The number of rotatable bonds is 6. The Morgan fingerprint density at radius 3 is 2.65 bits per heavy atom. The molecule has 0 fully saturated rings. The molecule has 1 heterocycles. The maximum Gasteiger partial charge on any atom is 0.227 e. The Morgan fingerprint density at radius 2 is 2.00 bits per heavy atom. The lowest BCUT2D eigenvalue weighted by atomic mass is 10.0. The highest BCUT2D eigenvalue weighted by molar-refractivity contribution is 5.90. The first kappa shape index (κ1) is 14.6. The number of carbonyl (C=O) groups is 1. The van der Waals surface area contributed by atoms with Gasteiger partial charge in [-0.25, -0.2) is 0 Å². The lowest BCUT2D eigenvalue weighted by Crippen LogP contribution is -2.31. The molecule has 0 bridgehead atoms. The van der Waals surface area contributed by atoms with Gasteiger partial charge in [-0.2, -0.15) is 0 Å². The Labute approximate surface area is 119 Å². The number of benzene rings is 1. The van der Waals surface area contributed by atoms with E-state index in [0.29, 0.717) is 12.8 Å². The molecule has 1 aromatic carbocycles. The number of hydrogen-bond donors (Lipinski definition) is 2. The number of fused-ring (bicyclic) bond motifs is 1. The van der Waals surface area contributed by atoms with Gasteiger partial charge in [0.05, 0.1) is 6.42 Å². The van der Waals surface area contributed by atoms with E-state index in [2.05, 4.69) is 4.98 Å². The predicted octanol–water partition coefficient (Wildman–Crippen LogP) is 2.11. The average molecular weight is 274 g/mol. The van der Waals surface area contributed by atoms with E-state index in [-0.39, 0.29) is 12.5 Å². The first-order valence-electron chi connectivity index (χ1n) is 7.17. The molecule has 0 saturated carbocycles. The van der Waals surface area contributed by atoms with E-state index in [9.17, 15) is 4.79 Å². The number of aromatic amines is 1. The van der Waals surface area contributed by atoms with Gasteiger partial charge in [-0.05, 0) is 31.4 Å². The summed E-state index contributed by atoms with van der Waals surface area (Å²) in [5.74, 6) is 0.154. The smallest absolute Gasteiger partial charge is 0.227 e. The summed E-state index contributed by atoms with van der Waals surface area (Å²) in [6.45, 7) is 5.61. The minimum absolute atomic E-state index is 0.134. The van der Waals surface area contributed by atoms with E-state index in [4.69, 9.17) is 5.11 Å². The van der Waals surface area contributed by atoms with E-state index in [1.54, 1.807) is 0 Å². The average Bonchev–Trinajstić information content (AvgIpc) is 2.85. The van der Waals surface area contributed by atoms with Crippen molar-refractivity contribution in [1.82, 2.24) is 9.88 Å². The lowest BCUT2D eigenvalue weighted by Gasteiger charge is -2.18. The molecule has 108 valence electrons. The van der Waals surface area contributed by atoms with Gasteiger partial charge in [0.2, 0.25) is 5.91 Å². The third-order valence-corrected chi connectivity index (χ3v) is 3.73. The molecule has 0 spiro atoms. The van der Waals surface area contributed by atoms with E-state index >= 15 is 0 Å². The number of nitrogens with zero attached hydrogens (tertiary/aromatic N) is 1. The van der Waals surface area contributed by atoms with Crippen LogP contribution < -0.4 is 0 Å². The summed E-state index contributed by atoms with van der Waals surface area (Å²) in [6, 6.07) is 5.99. The summed E-state index contributed by atoms with van der Waals surface area (Å²) >= 11 is 0. The zero-order valence-electron chi connectivity index (χ0n) is 12.1. The van der Waals surface area contributed by atoms with Crippen LogP contribution in [0, 0.1) is 0 Å². The highest BCUT2D eigenvalue weighted by Crippen LogP contribution is 2.22. The van der Waals surface area contributed by atoms with Crippen LogP contribution in [-0.2, 0) is 17.6 Å². The van der Waals surface area contributed by atoms with Gasteiger partial charge in [0.1, 0.15) is 0 Å². The van der Waals surface area contributed by atoms with Gasteiger partial charge in [-0.3, -0.25) is 4.79 Å². The van der Waals surface area contributed by atoms with Crippen LogP contribution in [0.4, 0.5) is 0 Å². The summed E-state index contributed by atoms with van der Waals surface area (Å²) in [7, 11) is 0. The molecular weight excluding hydrogens is 252 g/mol. The van der Waals surface area contributed by atoms with Gasteiger partial charge in [0.15, 0.2) is 0 Å². The molecular formula is C16H22N2O2. The molecule has 4 nitrogen and oxygen atoms in total. The molecule has 20 heavy (non-hydrogen) atoms. The fraction of sp³-hybridized carbons (Fsp3) is 0.438. The van der Waals surface area contributed by atoms with Gasteiger partial charge in [0, 0.05) is 36.8 Å². The third kappa shape index (κ3) is 2.85. The molecule has 0 saturated heterocycles. The Kier molecular flexibility index (Phi) is 4.79. The summed E-state index contributed by atoms with van der Waals surface area (Å²) in [4.78, 5) is 17.3. The van der Waals surface area contributed by atoms with Crippen molar-refractivity contribution in [3.8, 4) is 0 Å². The molecule has 0 aliphatic heterocycles. The molecule has 1 amide bonds. The first-order chi connectivity index (χ1) is 9.71. The molecule has 0 atom stereocenters. The first-order valence-corrected chi connectivity index (χ1v) is 7.17. The van der Waals surface area contributed by atoms with Crippen LogP contribution in [0.3, 0.4) is 0 Å². The maximum atomic E-state index is 12.2. The molecule has 0 aliphatic rings. The van der Waals surface area contributed by atoms with E-state index < -0.39 is 0 Å². The highest BCUT2D eigenvalue weighted by Gasteiger charge is 2.13. The Bertz CT molecular complexity index is 585. The van der Waals surface area contributed by atoms with Gasteiger partial charge in [-0.1, -0.05) is 18.2 Å². The number of carbonyl (C=O) groups excluding carboxylic acids is 1. The van der Waals surface area contributed by atoms with Crippen LogP contribution >= 0.6 is 0 Å². The molecule has 1 aromatic heterocycles. The van der Waals surface area contributed by atoms with E-state index in [1.807, 2.05) is 43.1 Å². The van der Waals surface area contributed by atoms with Crippen molar-refractivity contribution in [1.29, 1.82) is 0 Å². The molecule has 0 aliphatic carbocycles. The lowest BCUT2D eigenvalue weighted by molar-refractivity contribution is -0.130. The van der Waals surface area contributed by atoms with Crippen molar-refractivity contribution in [2.45, 2.75) is 26.7 Å². The third-order valence-electron chi connectivity index (χ3n) is 3.73. The molecule has 2 N–H and O–H groups in total. The van der Waals surface area contributed by atoms with Crippen LogP contribution in [0.2, 0.25) is 0 Å². The fourth-order valence-corrected chi connectivity index (χ4v) is 2.60. The van der Waals surface area contributed by atoms with Crippen molar-refractivity contribution in [3.05, 3.63) is 35.5 Å². The number of likely N-dealkylation sites (N-methyl/N-ethyl adjacent to an activating group) is 1. The molecule has 4 heteroatoms. The number of aliphatic hydroxyl groups excluding tert-OH is 1. The van der Waals surface area contributed by atoms with Crippen molar-refractivity contribution < 1.29 is 9.90 Å². The quantitative estimate of drug-likeness (QED) is 0.847. The van der Waals surface area contributed by atoms with Gasteiger partial charge >= 0.3 is 0 Å². The van der Waals surface area contributed by atoms with Crippen molar-refractivity contribution in [3.63, 3.8) is 0 Å². The van der Waals surface area contributed by atoms with Gasteiger partial charge < -0.3 is 15.0 Å². The number of hydrogen-bond acceptors (Lipinski definition) is 2. The summed E-state index contributed by atoms with van der Waals surface area (Å²) < 4.78 is 0. The van der Waals surface area contributed by atoms with Crippen molar-refractivity contribution in [2.75, 3.05) is 19.7 Å². The molecule has 2 aromatic rings. The van der Waals surface area contributed by atoms with Crippen LogP contribution in [0.15, 0.2) is 24.4 Å². The highest BCUT2D eigenvalue weighted by atomic mass is 16.3. The maximum absolute atomic E-state index is 12.2. The largest absolute Gasteiger partial charge is 0.396 e. The fourth-order valence-electron chi connectivity index (χ4n) is 2.60. The van der Waals surface area contributed by atoms with Crippen molar-refractivity contribution >= 4 is 16.8 Å². The number of aromatic nitrogens is 1. The topological polar surface area (TPSA) is 56.3 Å². The molecule has 2 rings (SSSR count). The van der Waals surface area contributed by atoms with Crippen molar-refractivity contribution in [2.24, 2.45) is 0 Å². The normalized spacial score (nSPS) is 10.9. The van der Waals surface area contributed by atoms with E-state index in [1.165, 1.54) is 0 Å². The number of amides is 1. The van der Waals surface area contributed by atoms with Crippen LogP contribution in [0.5, 0.6) is 0 Å². The zero-order chi connectivity index (χ0) is 14.5. The second kappa shape index (κ2) is 6.57. The second-order valence-corrected chi connectivity index (χ2v) is 4.87. The molecule has 0 unspecified atom stereocenters. The summed E-state index contributed by atoms with van der Waals surface area (Å²) in [5, 5.41) is 10.2. The van der Waals surface area contributed by atoms with Crippen LogP contribution in [0.1, 0.15) is 25.0 Å². The zero-order valence-corrected chi connectivity index (χ0v) is 12.1. The summed E-state index contributed by atoms with van der Waals surface area (Å²) in [5.41, 5.74) is 3.12. The van der Waals surface area contributed by atoms with E-state index in [0.717, 1.165) is 35.1 Å². The monoisotopic (exact) mass is 274 g/mol. The van der Waals surface area contributed by atoms with Gasteiger partial charge in [-0.15, -0.1) is 0 Å². The predicted molar refractivity (Wildman–Crippen MR) is 80.7 cm³/mol. The Hall–Kier alpha value is -1.81. The SMILES string of the molecule is CCN(CC)C(=O)Cc1cccc2c(CCO)c[nH]c12. The number of nitrogens with one attached hydrogen (secondary N) is 1. The summed E-state index contributed by atoms with van der Waals surface area (Å²) in [6.07, 6.45) is 2.97. The Balaban J connectivity index is 2.29. The molecule has 0 radical (unpaired) electrons. The Morgan fingerprint density at radius 1 is 1.25 bits per heavy atom. The minimum atomic E-state index is 0.134. The number of H-pyrrole nitrogens is 1. The number of aliphatic hydroxyl groups is 1. The minimum Gasteiger partial charge on any atom is -0.396 e. The standard InChI is InChI=1S/C16H22N2O2/c1-3-18(4-2)15(20)10-12-6-5-7-14-13(8-9-19)11-17-16(12)14/h5-7,11,17,19H,3-4,8-10H2,1-2H3. The van der Waals surface area contributed by atoms with Crippen LogP contribution in [-0.4, -0.2) is 40.6 Å². The number of para-hydroxylation sites is 1.